The van der Waals surface area contributed by atoms with E-state index in [0.29, 0.717) is 0 Å². The van der Waals surface area contributed by atoms with E-state index in [2.05, 4.69) is 50.4 Å². The molecule has 0 aliphatic carbocycles. The van der Waals surface area contributed by atoms with Crippen molar-refractivity contribution in [2.75, 3.05) is 12.4 Å². The average molecular weight is 254 g/mol. The predicted octanol–water partition coefficient (Wildman–Crippen LogP) is 3.99. The minimum Gasteiger partial charge on any atom is -0.312 e. The third kappa shape index (κ3) is 5.56. The highest BCUT2D eigenvalue weighted by molar-refractivity contribution is 6.17. The van der Waals surface area contributed by atoms with Crippen LogP contribution in [0.5, 0.6) is 0 Å². The van der Waals surface area contributed by atoms with Gasteiger partial charge in [0.2, 0.25) is 0 Å². The van der Waals surface area contributed by atoms with Gasteiger partial charge < -0.3 is 5.32 Å². The van der Waals surface area contributed by atoms with Gasteiger partial charge in [0.25, 0.3) is 0 Å². The van der Waals surface area contributed by atoms with Crippen molar-refractivity contribution in [2.45, 2.75) is 40.2 Å². The number of nitrogens with one attached hydrogen (secondary N) is 1. The number of aryl methyl sites for hydroxylation is 1. The van der Waals surface area contributed by atoms with Gasteiger partial charge >= 0.3 is 0 Å². The normalized spacial score (nSPS) is 11.8. The summed E-state index contributed by atoms with van der Waals surface area (Å²) in [5, 5.41) is 3.51. The van der Waals surface area contributed by atoms with E-state index >= 15 is 0 Å². The third-order valence-corrected chi connectivity index (χ3v) is 3.32. The number of rotatable bonds is 7. The van der Waals surface area contributed by atoms with Gasteiger partial charge in [-0.15, -0.1) is 11.6 Å². The summed E-state index contributed by atoms with van der Waals surface area (Å²) < 4.78 is 0. The van der Waals surface area contributed by atoms with Crippen LogP contribution in [-0.2, 0) is 13.0 Å². The summed E-state index contributed by atoms with van der Waals surface area (Å²) in [6.45, 7) is 8.64. The standard InChI is InChI=1S/C15H24ClN/c1-4-13-5-7-14(8-6-13)11-17-12-15(2,3)9-10-16/h5-8,17H,4,9-12H2,1-3H3. The second-order valence-corrected chi connectivity index (χ2v) is 5.75. The van der Waals surface area contributed by atoms with E-state index < -0.39 is 0 Å². The zero-order valence-electron chi connectivity index (χ0n) is 11.2. The Kier molecular flexibility index (Phi) is 6.01. The molecule has 0 aliphatic rings. The monoisotopic (exact) mass is 253 g/mol. The maximum Gasteiger partial charge on any atom is 0.0229 e. The molecule has 1 aromatic rings. The van der Waals surface area contributed by atoms with Gasteiger partial charge in [0.1, 0.15) is 0 Å². The first-order valence-electron chi connectivity index (χ1n) is 6.42. The van der Waals surface area contributed by atoms with Gasteiger partial charge in [0, 0.05) is 19.0 Å². The smallest absolute Gasteiger partial charge is 0.0229 e. The van der Waals surface area contributed by atoms with Crippen molar-refractivity contribution in [3.05, 3.63) is 35.4 Å². The quantitative estimate of drug-likeness (QED) is 0.725. The van der Waals surface area contributed by atoms with Crippen LogP contribution in [0.1, 0.15) is 38.3 Å². The van der Waals surface area contributed by atoms with Crippen molar-refractivity contribution in [2.24, 2.45) is 5.41 Å². The Labute approximate surface area is 111 Å². The van der Waals surface area contributed by atoms with Gasteiger partial charge in [-0.05, 0) is 29.4 Å². The van der Waals surface area contributed by atoms with E-state index in [0.717, 1.165) is 31.8 Å². The van der Waals surface area contributed by atoms with Gasteiger partial charge in [-0.1, -0.05) is 45.0 Å². The second kappa shape index (κ2) is 7.03. The fraction of sp³-hybridized carbons (Fsp3) is 0.600. The largest absolute Gasteiger partial charge is 0.312 e. The molecule has 0 unspecified atom stereocenters. The van der Waals surface area contributed by atoms with E-state index in [1.54, 1.807) is 0 Å². The van der Waals surface area contributed by atoms with E-state index in [1.807, 2.05) is 0 Å². The summed E-state index contributed by atoms with van der Waals surface area (Å²) in [7, 11) is 0. The Bertz CT molecular complexity index is 316. The summed E-state index contributed by atoms with van der Waals surface area (Å²) in [5.74, 6) is 0.736. The molecule has 0 amide bonds. The Morgan fingerprint density at radius 3 is 2.24 bits per heavy atom. The zero-order chi connectivity index (χ0) is 12.7. The lowest BCUT2D eigenvalue weighted by Gasteiger charge is -2.23. The van der Waals surface area contributed by atoms with Crippen LogP contribution in [0.15, 0.2) is 24.3 Å². The van der Waals surface area contributed by atoms with Crippen molar-refractivity contribution in [1.82, 2.24) is 5.32 Å². The van der Waals surface area contributed by atoms with Crippen LogP contribution in [-0.4, -0.2) is 12.4 Å². The lowest BCUT2D eigenvalue weighted by molar-refractivity contribution is 0.329. The molecule has 0 saturated heterocycles. The summed E-state index contributed by atoms with van der Waals surface area (Å²) in [5.41, 5.74) is 3.03. The number of hydrogen-bond donors (Lipinski definition) is 1. The minimum absolute atomic E-state index is 0.283. The summed E-state index contributed by atoms with van der Waals surface area (Å²) in [4.78, 5) is 0. The maximum atomic E-state index is 5.79. The van der Waals surface area contributed by atoms with Gasteiger partial charge in [-0.2, -0.15) is 0 Å². The molecule has 0 radical (unpaired) electrons. The molecular formula is C15H24ClN. The summed E-state index contributed by atoms with van der Waals surface area (Å²) >= 11 is 5.79. The van der Waals surface area contributed by atoms with Crippen LogP contribution < -0.4 is 5.32 Å². The lowest BCUT2D eigenvalue weighted by atomic mass is 9.90. The minimum atomic E-state index is 0.283. The van der Waals surface area contributed by atoms with Crippen molar-refractivity contribution in [3.8, 4) is 0 Å². The molecule has 17 heavy (non-hydrogen) atoms. The topological polar surface area (TPSA) is 12.0 Å². The van der Waals surface area contributed by atoms with Crippen LogP contribution in [0.2, 0.25) is 0 Å². The van der Waals surface area contributed by atoms with E-state index in [9.17, 15) is 0 Å². The number of alkyl halides is 1. The Balaban J connectivity index is 2.35. The van der Waals surface area contributed by atoms with Crippen molar-refractivity contribution in [3.63, 3.8) is 0 Å². The molecule has 0 fully saturated rings. The number of hydrogen-bond acceptors (Lipinski definition) is 1. The molecule has 0 bridgehead atoms. The van der Waals surface area contributed by atoms with E-state index in [-0.39, 0.29) is 5.41 Å². The third-order valence-electron chi connectivity index (χ3n) is 3.14. The van der Waals surface area contributed by atoms with Crippen molar-refractivity contribution >= 4 is 11.6 Å². The molecular weight excluding hydrogens is 230 g/mol. The predicted molar refractivity (Wildman–Crippen MR) is 76.6 cm³/mol. The molecule has 0 heterocycles. The van der Waals surface area contributed by atoms with Crippen LogP contribution >= 0.6 is 11.6 Å². The number of benzene rings is 1. The van der Waals surface area contributed by atoms with Gasteiger partial charge in [-0.25, -0.2) is 0 Å². The second-order valence-electron chi connectivity index (χ2n) is 5.38. The Morgan fingerprint density at radius 2 is 1.71 bits per heavy atom. The van der Waals surface area contributed by atoms with Crippen LogP contribution in [0.3, 0.4) is 0 Å². The average Bonchev–Trinajstić information content (AvgIpc) is 2.29. The molecule has 2 heteroatoms. The maximum absolute atomic E-state index is 5.79. The molecule has 0 aromatic heterocycles. The Morgan fingerprint density at radius 1 is 1.12 bits per heavy atom. The molecule has 1 N–H and O–H groups in total. The van der Waals surface area contributed by atoms with Crippen molar-refractivity contribution in [1.29, 1.82) is 0 Å². The first kappa shape index (κ1) is 14.5. The lowest BCUT2D eigenvalue weighted by Crippen LogP contribution is -2.29. The Hall–Kier alpha value is -0.530. The molecule has 0 aliphatic heterocycles. The van der Waals surface area contributed by atoms with Gasteiger partial charge in [-0.3, -0.25) is 0 Å². The van der Waals surface area contributed by atoms with Crippen LogP contribution in [0.25, 0.3) is 0 Å². The van der Waals surface area contributed by atoms with E-state index in [4.69, 9.17) is 11.6 Å². The fourth-order valence-corrected chi connectivity index (χ4v) is 2.29. The highest BCUT2D eigenvalue weighted by atomic mass is 35.5. The first-order chi connectivity index (χ1) is 8.07. The molecule has 96 valence electrons. The molecule has 1 rings (SSSR count). The molecule has 1 nitrogen and oxygen atoms in total. The first-order valence-corrected chi connectivity index (χ1v) is 6.95. The van der Waals surface area contributed by atoms with Gasteiger partial charge in [0.05, 0.1) is 0 Å². The van der Waals surface area contributed by atoms with Gasteiger partial charge in [0.15, 0.2) is 0 Å². The highest BCUT2D eigenvalue weighted by Crippen LogP contribution is 2.19. The summed E-state index contributed by atoms with van der Waals surface area (Å²) in [6, 6.07) is 8.84. The molecule has 0 spiro atoms. The molecule has 0 saturated carbocycles. The van der Waals surface area contributed by atoms with E-state index in [1.165, 1.54) is 11.1 Å². The summed E-state index contributed by atoms with van der Waals surface area (Å²) in [6.07, 6.45) is 2.16. The molecule has 0 atom stereocenters. The highest BCUT2D eigenvalue weighted by Gasteiger charge is 2.15. The molecule has 1 aromatic carbocycles. The fourth-order valence-electron chi connectivity index (χ4n) is 1.78. The van der Waals surface area contributed by atoms with Crippen LogP contribution in [0.4, 0.5) is 0 Å². The SMILES string of the molecule is CCc1ccc(CNCC(C)(C)CCCl)cc1. The number of halogens is 1. The van der Waals surface area contributed by atoms with Crippen LogP contribution in [0, 0.1) is 5.41 Å². The zero-order valence-corrected chi connectivity index (χ0v) is 12.0. The van der Waals surface area contributed by atoms with Crippen molar-refractivity contribution < 1.29 is 0 Å².